The fraction of sp³-hybridized carbons (Fsp3) is 0.812. The molecule has 6 nitrogen and oxygen atoms in total. The molecule has 2 aliphatic carbocycles. The van der Waals surface area contributed by atoms with Crippen LogP contribution in [0.4, 0.5) is 0 Å². The van der Waals surface area contributed by atoms with Crippen molar-refractivity contribution in [2.75, 3.05) is 6.61 Å². The molecule has 1 heterocycles. The predicted octanol–water partition coefficient (Wildman–Crippen LogP) is 2.16. The first-order chi connectivity index (χ1) is 10.6. The van der Waals surface area contributed by atoms with Crippen LogP contribution >= 0.6 is 0 Å². The highest BCUT2D eigenvalue weighted by Crippen LogP contribution is 2.54. The molecule has 2 saturated carbocycles. The van der Waals surface area contributed by atoms with E-state index in [9.17, 15) is 4.79 Å². The van der Waals surface area contributed by atoms with Crippen molar-refractivity contribution in [3.05, 3.63) is 11.7 Å². The molecular formula is C16H25N3O3. The molecule has 2 aliphatic rings. The van der Waals surface area contributed by atoms with E-state index in [0.29, 0.717) is 30.7 Å². The molecule has 6 heteroatoms. The zero-order valence-electron chi connectivity index (χ0n) is 13.4. The van der Waals surface area contributed by atoms with Crippen LogP contribution in [0.2, 0.25) is 0 Å². The second kappa shape index (κ2) is 6.36. The Morgan fingerprint density at radius 2 is 2.23 bits per heavy atom. The lowest BCUT2D eigenvalue weighted by Crippen LogP contribution is -2.63. The smallest absolute Gasteiger partial charge is 0.227 e. The number of rotatable bonds is 6. The van der Waals surface area contributed by atoms with E-state index >= 15 is 0 Å². The minimum atomic E-state index is 0.0714. The SMILES string of the molecule is CCO[C@H]1C[C@H](NC(=O)CCc2nc(C)no2)C12CCCC2. The molecule has 1 amide bonds. The lowest BCUT2D eigenvalue weighted by atomic mass is 9.60. The Kier molecular flexibility index (Phi) is 4.47. The molecule has 2 atom stereocenters. The first-order valence-electron chi connectivity index (χ1n) is 8.34. The molecule has 0 saturated heterocycles. The molecule has 0 aliphatic heterocycles. The Labute approximate surface area is 131 Å². The summed E-state index contributed by atoms with van der Waals surface area (Å²) in [7, 11) is 0. The van der Waals surface area contributed by atoms with E-state index in [4.69, 9.17) is 9.26 Å². The standard InChI is InChI=1S/C16H25N3O3/c1-3-21-13-10-12(16(13)8-4-5-9-16)18-14(20)6-7-15-17-11(2)19-22-15/h12-13H,3-10H2,1-2H3,(H,18,20)/t12-,13-/m0/s1. The fourth-order valence-electron chi connectivity index (χ4n) is 4.02. The van der Waals surface area contributed by atoms with Gasteiger partial charge in [0.2, 0.25) is 11.8 Å². The minimum absolute atomic E-state index is 0.0714. The summed E-state index contributed by atoms with van der Waals surface area (Å²) < 4.78 is 10.9. The van der Waals surface area contributed by atoms with Crippen LogP contribution in [-0.4, -0.2) is 34.8 Å². The minimum Gasteiger partial charge on any atom is -0.378 e. The molecule has 3 rings (SSSR count). The highest BCUT2D eigenvalue weighted by atomic mass is 16.5. The largest absolute Gasteiger partial charge is 0.378 e. The first kappa shape index (κ1) is 15.5. The van der Waals surface area contributed by atoms with Crippen LogP contribution in [0.25, 0.3) is 0 Å². The molecule has 122 valence electrons. The van der Waals surface area contributed by atoms with Gasteiger partial charge in [0.1, 0.15) is 0 Å². The third kappa shape index (κ3) is 2.89. The number of ether oxygens (including phenoxy) is 1. The summed E-state index contributed by atoms with van der Waals surface area (Å²) in [5.74, 6) is 1.21. The van der Waals surface area contributed by atoms with Gasteiger partial charge in [-0.1, -0.05) is 18.0 Å². The average Bonchev–Trinajstić information content (AvgIpc) is 3.14. The van der Waals surface area contributed by atoms with Crippen LogP contribution in [0.15, 0.2) is 4.52 Å². The number of amides is 1. The topological polar surface area (TPSA) is 77.2 Å². The number of aromatic nitrogens is 2. The molecule has 0 unspecified atom stereocenters. The van der Waals surface area contributed by atoms with Crippen molar-refractivity contribution < 1.29 is 14.1 Å². The summed E-state index contributed by atoms with van der Waals surface area (Å²) >= 11 is 0. The second-order valence-corrected chi connectivity index (χ2v) is 6.48. The van der Waals surface area contributed by atoms with Gasteiger partial charge in [0, 0.05) is 30.9 Å². The van der Waals surface area contributed by atoms with Crippen LogP contribution < -0.4 is 5.32 Å². The molecule has 1 spiro atoms. The summed E-state index contributed by atoms with van der Waals surface area (Å²) in [6, 6.07) is 0.267. The van der Waals surface area contributed by atoms with E-state index in [1.54, 1.807) is 6.92 Å². The molecule has 1 aromatic heterocycles. The summed E-state index contributed by atoms with van der Waals surface area (Å²) in [4.78, 5) is 16.3. The average molecular weight is 307 g/mol. The molecule has 22 heavy (non-hydrogen) atoms. The normalized spacial score (nSPS) is 26.1. The maximum Gasteiger partial charge on any atom is 0.227 e. The lowest BCUT2D eigenvalue weighted by molar-refractivity contribution is -0.144. The van der Waals surface area contributed by atoms with Crippen molar-refractivity contribution in [1.29, 1.82) is 0 Å². The van der Waals surface area contributed by atoms with E-state index in [1.807, 2.05) is 6.92 Å². The lowest BCUT2D eigenvalue weighted by Gasteiger charge is -2.54. The zero-order valence-corrected chi connectivity index (χ0v) is 13.4. The van der Waals surface area contributed by atoms with Crippen molar-refractivity contribution in [2.45, 2.75) is 70.9 Å². The van der Waals surface area contributed by atoms with Crippen LogP contribution in [0.1, 0.15) is 57.2 Å². The van der Waals surface area contributed by atoms with E-state index < -0.39 is 0 Å². The second-order valence-electron chi connectivity index (χ2n) is 6.48. The zero-order chi connectivity index (χ0) is 15.6. The van der Waals surface area contributed by atoms with Gasteiger partial charge < -0.3 is 14.6 Å². The fourth-order valence-corrected chi connectivity index (χ4v) is 4.02. The summed E-state index contributed by atoms with van der Waals surface area (Å²) in [6.07, 6.45) is 7.00. The van der Waals surface area contributed by atoms with Crippen LogP contribution in [0, 0.1) is 12.3 Å². The number of hydrogen-bond acceptors (Lipinski definition) is 5. The van der Waals surface area contributed by atoms with Gasteiger partial charge in [-0.3, -0.25) is 4.79 Å². The number of hydrogen-bond donors (Lipinski definition) is 1. The third-order valence-corrected chi connectivity index (χ3v) is 5.16. The van der Waals surface area contributed by atoms with E-state index in [-0.39, 0.29) is 17.4 Å². The maximum absolute atomic E-state index is 12.2. The predicted molar refractivity (Wildman–Crippen MR) is 80.2 cm³/mol. The third-order valence-electron chi connectivity index (χ3n) is 5.16. The Morgan fingerprint density at radius 3 is 2.86 bits per heavy atom. The quantitative estimate of drug-likeness (QED) is 0.871. The molecule has 0 radical (unpaired) electrons. The van der Waals surface area contributed by atoms with Crippen molar-refractivity contribution in [3.8, 4) is 0 Å². The number of nitrogens with one attached hydrogen (secondary N) is 1. The molecule has 2 fully saturated rings. The Balaban J connectivity index is 1.51. The number of nitrogens with zero attached hydrogens (tertiary/aromatic N) is 2. The Bertz CT molecular complexity index is 522. The van der Waals surface area contributed by atoms with Crippen molar-refractivity contribution >= 4 is 5.91 Å². The van der Waals surface area contributed by atoms with E-state index in [1.165, 1.54) is 25.7 Å². The van der Waals surface area contributed by atoms with Gasteiger partial charge in [-0.2, -0.15) is 4.98 Å². The number of carbonyl (C=O) groups is 1. The monoisotopic (exact) mass is 307 g/mol. The Morgan fingerprint density at radius 1 is 1.45 bits per heavy atom. The number of carbonyl (C=O) groups excluding carboxylic acids is 1. The number of aryl methyl sites for hydroxylation is 2. The van der Waals surface area contributed by atoms with Gasteiger partial charge in [0.25, 0.3) is 0 Å². The maximum atomic E-state index is 12.2. The van der Waals surface area contributed by atoms with Gasteiger partial charge in [0.15, 0.2) is 5.82 Å². The van der Waals surface area contributed by atoms with Gasteiger partial charge in [0.05, 0.1) is 6.10 Å². The molecule has 0 bridgehead atoms. The molecular weight excluding hydrogens is 282 g/mol. The van der Waals surface area contributed by atoms with Gasteiger partial charge in [-0.25, -0.2) is 0 Å². The molecule has 0 aromatic carbocycles. The summed E-state index contributed by atoms with van der Waals surface area (Å²) in [6.45, 7) is 4.57. The van der Waals surface area contributed by atoms with E-state index in [0.717, 1.165) is 13.0 Å². The summed E-state index contributed by atoms with van der Waals surface area (Å²) in [5, 5.41) is 6.94. The van der Waals surface area contributed by atoms with Crippen molar-refractivity contribution in [3.63, 3.8) is 0 Å². The van der Waals surface area contributed by atoms with Gasteiger partial charge >= 0.3 is 0 Å². The first-order valence-corrected chi connectivity index (χ1v) is 8.34. The van der Waals surface area contributed by atoms with Crippen LogP contribution in [0.3, 0.4) is 0 Å². The highest BCUT2D eigenvalue weighted by Gasteiger charge is 2.57. The summed E-state index contributed by atoms with van der Waals surface area (Å²) in [5.41, 5.74) is 0.187. The van der Waals surface area contributed by atoms with E-state index in [2.05, 4.69) is 15.5 Å². The van der Waals surface area contributed by atoms with Gasteiger partial charge in [-0.05, 0) is 33.1 Å². The van der Waals surface area contributed by atoms with Gasteiger partial charge in [-0.15, -0.1) is 0 Å². The molecule has 1 aromatic rings. The van der Waals surface area contributed by atoms with Crippen molar-refractivity contribution in [1.82, 2.24) is 15.5 Å². The Hall–Kier alpha value is -1.43. The molecule has 1 N–H and O–H groups in total. The highest BCUT2D eigenvalue weighted by molar-refractivity contribution is 5.76. The van der Waals surface area contributed by atoms with Crippen LogP contribution in [-0.2, 0) is 16.0 Å². The van der Waals surface area contributed by atoms with Crippen LogP contribution in [0.5, 0.6) is 0 Å². The van der Waals surface area contributed by atoms with Crippen molar-refractivity contribution in [2.24, 2.45) is 5.41 Å².